The zero-order valence-corrected chi connectivity index (χ0v) is 13.4. The Kier molecular flexibility index (Phi) is 5.81. The van der Waals surface area contributed by atoms with E-state index in [1.807, 2.05) is 24.3 Å². The second-order valence-corrected chi connectivity index (χ2v) is 5.30. The fourth-order valence-corrected chi connectivity index (χ4v) is 2.03. The lowest BCUT2D eigenvalue weighted by Crippen LogP contribution is -2.24. The van der Waals surface area contributed by atoms with E-state index in [1.54, 1.807) is 0 Å². The monoisotopic (exact) mass is 377 g/mol. The van der Waals surface area contributed by atoms with Crippen LogP contribution in [0.3, 0.4) is 0 Å². The van der Waals surface area contributed by atoms with Gasteiger partial charge in [0.05, 0.1) is 11.1 Å². The highest BCUT2D eigenvalue weighted by Crippen LogP contribution is 2.17. The maximum Gasteiger partial charge on any atom is 0.277 e. The maximum absolute atomic E-state index is 11.6. The number of benzene rings is 2. The van der Waals surface area contributed by atoms with Crippen LogP contribution in [0.25, 0.3) is 0 Å². The Balaban J connectivity index is 1.79. The number of hydrogen-bond acceptors (Lipinski definition) is 5. The van der Waals surface area contributed by atoms with Gasteiger partial charge in [0.15, 0.2) is 6.61 Å². The van der Waals surface area contributed by atoms with Crippen molar-refractivity contribution in [2.75, 3.05) is 6.61 Å². The summed E-state index contributed by atoms with van der Waals surface area (Å²) >= 11 is 3.34. The summed E-state index contributed by atoms with van der Waals surface area (Å²) in [5.74, 6) is -0.0729. The molecule has 0 aliphatic carbocycles. The average Bonchev–Trinajstić information content (AvgIpc) is 2.53. The summed E-state index contributed by atoms with van der Waals surface area (Å²) in [6, 6.07) is 12.9. The van der Waals surface area contributed by atoms with Gasteiger partial charge < -0.3 is 4.74 Å². The van der Waals surface area contributed by atoms with Crippen molar-refractivity contribution < 1.29 is 14.5 Å². The predicted octanol–water partition coefficient (Wildman–Crippen LogP) is 2.89. The van der Waals surface area contributed by atoms with Crippen LogP contribution in [0, 0.1) is 10.1 Å². The highest BCUT2D eigenvalue weighted by molar-refractivity contribution is 9.10. The summed E-state index contributed by atoms with van der Waals surface area (Å²) in [6.45, 7) is -0.242. The molecule has 0 aliphatic rings. The average molecular weight is 378 g/mol. The highest BCUT2D eigenvalue weighted by atomic mass is 79.9. The Bertz CT molecular complexity index is 732. The van der Waals surface area contributed by atoms with Gasteiger partial charge >= 0.3 is 0 Å². The van der Waals surface area contributed by atoms with Gasteiger partial charge in [-0.15, -0.1) is 0 Å². The second-order valence-electron chi connectivity index (χ2n) is 4.39. The Hall–Kier alpha value is -2.74. The summed E-state index contributed by atoms with van der Waals surface area (Å²) < 4.78 is 6.12. The van der Waals surface area contributed by atoms with Gasteiger partial charge in [-0.2, -0.15) is 5.10 Å². The summed E-state index contributed by atoms with van der Waals surface area (Å²) in [5.41, 5.74) is 3.12. The number of carbonyl (C=O) groups excluding carboxylic acids is 1. The van der Waals surface area contributed by atoms with Crippen LogP contribution < -0.4 is 10.2 Å². The van der Waals surface area contributed by atoms with E-state index in [-0.39, 0.29) is 12.3 Å². The van der Waals surface area contributed by atoms with Crippen LogP contribution in [-0.4, -0.2) is 23.7 Å². The van der Waals surface area contributed by atoms with E-state index in [0.717, 1.165) is 10.0 Å². The number of hydrogen-bond donors (Lipinski definition) is 1. The van der Waals surface area contributed by atoms with E-state index in [1.165, 1.54) is 30.5 Å². The molecule has 0 fully saturated rings. The first-order valence-corrected chi connectivity index (χ1v) is 7.28. The predicted molar refractivity (Wildman–Crippen MR) is 88.5 cm³/mol. The van der Waals surface area contributed by atoms with E-state index in [4.69, 9.17) is 4.74 Å². The smallest absolute Gasteiger partial charge is 0.277 e. The number of halogens is 1. The molecule has 0 aliphatic heterocycles. The van der Waals surface area contributed by atoms with E-state index in [2.05, 4.69) is 26.5 Å². The Labute approximate surface area is 140 Å². The number of nitro benzene ring substituents is 1. The van der Waals surface area contributed by atoms with Crippen molar-refractivity contribution in [1.82, 2.24) is 5.43 Å². The van der Waals surface area contributed by atoms with Gasteiger partial charge in [0.2, 0.25) is 0 Å². The van der Waals surface area contributed by atoms with Gasteiger partial charge in [-0.1, -0.05) is 28.1 Å². The van der Waals surface area contributed by atoms with Gasteiger partial charge in [-0.25, -0.2) is 5.43 Å². The van der Waals surface area contributed by atoms with E-state index < -0.39 is 10.8 Å². The first-order chi connectivity index (χ1) is 11.0. The lowest BCUT2D eigenvalue weighted by Gasteiger charge is -2.04. The van der Waals surface area contributed by atoms with Crippen molar-refractivity contribution in [3.63, 3.8) is 0 Å². The third kappa shape index (κ3) is 5.51. The number of nitrogens with one attached hydrogen (secondary N) is 1. The van der Waals surface area contributed by atoms with Crippen LogP contribution >= 0.6 is 15.9 Å². The molecule has 8 heteroatoms. The topological polar surface area (TPSA) is 93.8 Å². The van der Waals surface area contributed by atoms with Crippen LogP contribution in [0.2, 0.25) is 0 Å². The molecule has 0 saturated heterocycles. The number of carbonyl (C=O) groups is 1. The summed E-state index contributed by atoms with van der Waals surface area (Å²) in [7, 11) is 0. The first kappa shape index (κ1) is 16.6. The first-order valence-electron chi connectivity index (χ1n) is 6.49. The highest BCUT2D eigenvalue weighted by Gasteiger charge is 2.06. The maximum atomic E-state index is 11.6. The van der Waals surface area contributed by atoms with Crippen LogP contribution in [0.1, 0.15) is 5.56 Å². The molecule has 1 amide bonds. The molecule has 0 saturated carbocycles. The van der Waals surface area contributed by atoms with Gasteiger partial charge in [0.1, 0.15) is 5.75 Å². The molecule has 0 bridgehead atoms. The van der Waals surface area contributed by atoms with Gasteiger partial charge in [0, 0.05) is 16.6 Å². The molecule has 0 spiro atoms. The van der Waals surface area contributed by atoms with Crippen molar-refractivity contribution in [2.45, 2.75) is 0 Å². The second kappa shape index (κ2) is 8.04. The van der Waals surface area contributed by atoms with Crippen LogP contribution in [-0.2, 0) is 4.79 Å². The number of amides is 1. The number of nitro groups is 1. The molecule has 0 aromatic heterocycles. The Morgan fingerprint density at radius 2 is 2.04 bits per heavy atom. The Morgan fingerprint density at radius 3 is 2.70 bits per heavy atom. The van der Waals surface area contributed by atoms with E-state index in [9.17, 15) is 14.9 Å². The van der Waals surface area contributed by atoms with Crippen LogP contribution in [0.5, 0.6) is 5.75 Å². The lowest BCUT2D eigenvalue weighted by molar-refractivity contribution is -0.384. The fraction of sp³-hybridized carbons (Fsp3) is 0.0667. The summed E-state index contributed by atoms with van der Waals surface area (Å²) in [6.07, 6.45) is 1.51. The lowest BCUT2D eigenvalue weighted by atomic mass is 10.2. The van der Waals surface area contributed by atoms with Crippen molar-refractivity contribution in [2.24, 2.45) is 5.10 Å². The minimum atomic E-state index is -0.507. The standard InChI is InChI=1S/C15H12BrN3O4/c16-12-3-1-2-11(8-12)9-17-18-15(20)10-23-14-6-4-13(5-7-14)19(21)22/h1-9H,10H2,(H,18,20). The number of ether oxygens (including phenoxy) is 1. The minimum Gasteiger partial charge on any atom is -0.484 e. The summed E-state index contributed by atoms with van der Waals surface area (Å²) in [5, 5.41) is 14.3. The normalized spacial score (nSPS) is 10.5. The molecule has 2 aromatic rings. The number of rotatable bonds is 6. The van der Waals surface area contributed by atoms with Crippen LogP contribution in [0.4, 0.5) is 5.69 Å². The molecule has 2 rings (SSSR count). The van der Waals surface area contributed by atoms with Crippen LogP contribution in [0.15, 0.2) is 58.1 Å². The molecule has 0 atom stereocenters. The molecule has 23 heavy (non-hydrogen) atoms. The molecule has 2 aromatic carbocycles. The molecule has 0 heterocycles. The van der Waals surface area contributed by atoms with Crippen molar-refractivity contribution >= 4 is 33.7 Å². The largest absolute Gasteiger partial charge is 0.484 e. The molecule has 0 unspecified atom stereocenters. The number of non-ortho nitro benzene ring substituents is 1. The zero-order chi connectivity index (χ0) is 16.7. The van der Waals surface area contributed by atoms with Crippen molar-refractivity contribution in [1.29, 1.82) is 0 Å². The molecule has 0 radical (unpaired) electrons. The van der Waals surface area contributed by atoms with E-state index >= 15 is 0 Å². The van der Waals surface area contributed by atoms with Crippen molar-refractivity contribution in [3.8, 4) is 5.75 Å². The zero-order valence-electron chi connectivity index (χ0n) is 11.8. The third-order valence-electron chi connectivity index (χ3n) is 2.67. The molecule has 1 N–H and O–H groups in total. The minimum absolute atomic E-state index is 0.0413. The molecular formula is C15H12BrN3O4. The number of hydrazone groups is 1. The summed E-state index contributed by atoms with van der Waals surface area (Å²) in [4.78, 5) is 21.6. The third-order valence-corrected chi connectivity index (χ3v) is 3.16. The van der Waals surface area contributed by atoms with E-state index in [0.29, 0.717) is 5.75 Å². The van der Waals surface area contributed by atoms with Crippen molar-refractivity contribution in [3.05, 3.63) is 68.7 Å². The molecular weight excluding hydrogens is 366 g/mol. The molecule has 7 nitrogen and oxygen atoms in total. The fourth-order valence-electron chi connectivity index (χ4n) is 1.61. The van der Waals surface area contributed by atoms with Gasteiger partial charge in [-0.05, 0) is 29.8 Å². The van der Waals surface area contributed by atoms with Gasteiger partial charge in [0.25, 0.3) is 11.6 Å². The quantitative estimate of drug-likeness (QED) is 0.475. The molecule has 118 valence electrons. The number of nitrogens with zero attached hydrogens (tertiary/aromatic N) is 2. The van der Waals surface area contributed by atoms with Gasteiger partial charge in [-0.3, -0.25) is 14.9 Å². The SMILES string of the molecule is O=C(COc1ccc([N+](=O)[O-])cc1)NN=Cc1cccc(Br)c1. The Morgan fingerprint density at radius 1 is 1.30 bits per heavy atom.